The van der Waals surface area contributed by atoms with Gasteiger partial charge in [-0.25, -0.2) is 19.6 Å². The number of halogens is 4. The molecule has 0 radical (unpaired) electrons. The van der Waals surface area contributed by atoms with Gasteiger partial charge in [-0.3, -0.25) is 5.32 Å². The zero-order valence-electron chi connectivity index (χ0n) is 18.8. The highest BCUT2D eigenvalue weighted by Gasteiger charge is 2.33. The summed E-state index contributed by atoms with van der Waals surface area (Å²) in [7, 11) is 3.18. The summed E-state index contributed by atoms with van der Waals surface area (Å²) in [5.74, 6) is 0.232. The number of urea groups is 2. The van der Waals surface area contributed by atoms with Crippen molar-refractivity contribution < 1.29 is 22.8 Å². The molecule has 2 heterocycles. The van der Waals surface area contributed by atoms with Crippen LogP contribution in [0.25, 0.3) is 0 Å². The Morgan fingerprint density at radius 1 is 0.972 bits per heavy atom. The van der Waals surface area contributed by atoms with Gasteiger partial charge in [0.1, 0.15) is 18.1 Å². The molecule has 3 aromatic rings. The van der Waals surface area contributed by atoms with E-state index in [4.69, 9.17) is 11.6 Å². The van der Waals surface area contributed by atoms with Crippen LogP contribution in [0.4, 0.5) is 45.6 Å². The fourth-order valence-electron chi connectivity index (χ4n) is 3.25. The van der Waals surface area contributed by atoms with Crippen molar-refractivity contribution in [2.45, 2.75) is 12.2 Å². The van der Waals surface area contributed by atoms with Crippen LogP contribution in [0.3, 0.4) is 0 Å². The molecule has 0 aliphatic carbocycles. The third-order valence-corrected chi connectivity index (χ3v) is 5.36. The first-order valence-corrected chi connectivity index (χ1v) is 10.7. The molecule has 0 fully saturated rings. The number of carbonyl (C=O) groups excluding carboxylic acids is 2. The monoisotopic (exact) mass is 518 g/mol. The van der Waals surface area contributed by atoms with Crippen molar-refractivity contribution in [1.29, 1.82) is 0 Å². The number of anilines is 3. The summed E-state index contributed by atoms with van der Waals surface area (Å²) in [5, 5.41) is 15.4. The number of benzene rings is 2. The maximum absolute atomic E-state index is 13.0. The van der Waals surface area contributed by atoms with Crippen LogP contribution < -0.4 is 16.0 Å². The number of hydrogen-bond acceptors (Lipinski definition) is 6. The van der Waals surface area contributed by atoms with Gasteiger partial charge in [-0.2, -0.15) is 18.3 Å². The molecule has 0 saturated carbocycles. The minimum absolute atomic E-state index is 0.0688. The number of amides is 4. The summed E-state index contributed by atoms with van der Waals surface area (Å²) >= 11 is 5.60. The fourth-order valence-corrected chi connectivity index (χ4v) is 3.48. The molecule has 4 rings (SSSR count). The Bertz CT molecular complexity index is 1350. The number of hydrogen-bond donors (Lipinski definition) is 3. The summed E-state index contributed by atoms with van der Waals surface area (Å²) in [6.45, 7) is 0. The van der Waals surface area contributed by atoms with Crippen molar-refractivity contribution in [3.8, 4) is 0 Å². The molecule has 1 aromatic heterocycles. The van der Waals surface area contributed by atoms with Gasteiger partial charge >= 0.3 is 18.2 Å². The van der Waals surface area contributed by atoms with Gasteiger partial charge in [0.05, 0.1) is 10.6 Å². The van der Waals surface area contributed by atoms with E-state index < -0.39 is 28.8 Å². The van der Waals surface area contributed by atoms with E-state index in [0.717, 1.165) is 12.1 Å². The molecule has 14 heteroatoms. The summed E-state index contributed by atoms with van der Waals surface area (Å²) in [5.41, 5.74) is 0.824. The van der Waals surface area contributed by atoms with E-state index in [1.807, 2.05) is 0 Å². The normalized spacial score (nSPS) is 14.2. The van der Waals surface area contributed by atoms with Crippen molar-refractivity contribution in [2.24, 2.45) is 10.2 Å². The molecule has 3 N–H and O–H groups in total. The predicted molar refractivity (Wildman–Crippen MR) is 127 cm³/mol. The molecule has 1 aliphatic rings. The number of nitrogens with zero attached hydrogens (tertiary/aromatic N) is 5. The van der Waals surface area contributed by atoms with Crippen LogP contribution in [0.1, 0.15) is 22.9 Å². The molecular formula is C22H18ClF3N8O2. The smallest absolute Gasteiger partial charge is 0.331 e. The van der Waals surface area contributed by atoms with Crippen molar-refractivity contribution >= 4 is 46.5 Å². The van der Waals surface area contributed by atoms with E-state index >= 15 is 0 Å². The lowest BCUT2D eigenvalue weighted by Gasteiger charge is -2.13. The van der Waals surface area contributed by atoms with E-state index in [1.165, 1.54) is 17.3 Å². The van der Waals surface area contributed by atoms with Gasteiger partial charge in [0.2, 0.25) is 0 Å². The second-order valence-corrected chi connectivity index (χ2v) is 8.20. The van der Waals surface area contributed by atoms with E-state index in [1.54, 1.807) is 38.4 Å². The molecule has 1 unspecified atom stereocenters. The standard InChI is InChI=1S/C22H18ClF3N8O2/c1-34(2)21(36)31-19-18-17(27-10-28-19)16(32-33-18)11-3-5-12(6-4-11)29-20(35)30-13-7-8-15(23)14(9-13)22(24,25)26/h3-10,16H,1-2H3,(H2,29,30,35)(H,27,28,31,36). The van der Waals surface area contributed by atoms with Gasteiger partial charge in [-0.05, 0) is 35.9 Å². The van der Waals surface area contributed by atoms with E-state index in [-0.39, 0.29) is 17.5 Å². The van der Waals surface area contributed by atoms with Crippen LogP contribution in [-0.4, -0.2) is 41.0 Å². The minimum Gasteiger partial charge on any atom is -0.331 e. The molecule has 1 atom stereocenters. The fraction of sp³-hybridized carbons (Fsp3) is 0.182. The van der Waals surface area contributed by atoms with Gasteiger partial charge in [-0.15, -0.1) is 5.11 Å². The van der Waals surface area contributed by atoms with Crippen LogP contribution in [0.15, 0.2) is 59.0 Å². The Balaban J connectivity index is 1.44. The van der Waals surface area contributed by atoms with Crippen molar-refractivity contribution in [1.82, 2.24) is 14.9 Å². The Morgan fingerprint density at radius 3 is 2.31 bits per heavy atom. The number of alkyl halides is 3. The molecule has 10 nitrogen and oxygen atoms in total. The van der Waals surface area contributed by atoms with Crippen molar-refractivity contribution in [3.63, 3.8) is 0 Å². The molecule has 0 bridgehead atoms. The highest BCUT2D eigenvalue weighted by Crippen LogP contribution is 2.42. The molecule has 4 amide bonds. The average molecular weight is 519 g/mol. The summed E-state index contributed by atoms with van der Waals surface area (Å²) in [4.78, 5) is 33.9. The predicted octanol–water partition coefficient (Wildman–Crippen LogP) is 6.07. The molecule has 1 aliphatic heterocycles. The lowest BCUT2D eigenvalue weighted by atomic mass is 10.0. The number of azo groups is 1. The lowest BCUT2D eigenvalue weighted by molar-refractivity contribution is -0.137. The first-order valence-electron chi connectivity index (χ1n) is 10.3. The first-order chi connectivity index (χ1) is 17.0. The summed E-state index contributed by atoms with van der Waals surface area (Å²) in [6.07, 6.45) is -3.35. The van der Waals surface area contributed by atoms with Gasteiger partial charge in [0.15, 0.2) is 11.5 Å². The van der Waals surface area contributed by atoms with E-state index in [9.17, 15) is 22.8 Å². The quantitative estimate of drug-likeness (QED) is 0.387. The largest absolute Gasteiger partial charge is 0.417 e. The SMILES string of the molecule is CN(C)C(=O)Nc1ncnc2c1N=NC2c1ccc(NC(=O)Nc2ccc(Cl)c(C(F)(F)F)c2)cc1. The van der Waals surface area contributed by atoms with Crippen molar-refractivity contribution in [2.75, 3.05) is 30.0 Å². The summed E-state index contributed by atoms with van der Waals surface area (Å²) in [6, 6.07) is 8.00. The van der Waals surface area contributed by atoms with Gasteiger partial charge in [0, 0.05) is 25.5 Å². The van der Waals surface area contributed by atoms with Crippen LogP contribution in [0.2, 0.25) is 5.02 Å². The third kappa shape index (κ3) is 5.35. The molecule has 0 saturated heterocycles. The molecule has 186 valence electrons. The maximum Gasteiger partial charge on any atom is 0.417 e. The Hall–Kier alpha value is -4.26. The molecule has 0 spiro atoms. The lowest BCUT2D eigenvalue weighted by Crippen LogP contribution is -2.27. The van der Waals surface area contributed by atoms with Crippen molar-refractivity contribution in [3.05, 3.63) is 70.6 Å². The summed E-state index contributed by atoms with van der Waals surface area (Å²) < 4.78 is 39.1. The highest BCUT2D eigenvalue weighted by molar-refractivity contribution is 6.31. The topological polar surface area (TPSA) is 124 Å². The van der Waals surface area contributed by atoms with Crippen LogP contribution in [0.5, 0.6) is 0 Å². The Labute approximate surface area is 207 Å². The molecular weight excluding hydrogens is 501 g/mol. The molecule has 36 heavy (non-hydrogen) atoms. The zero-order valence-corrected chi connectivity index (χ0v) is 19.5. The number of nitrogens with one attached hydrogen (secondary N) is 3. The minimum atomic E-state index is -4.65. The second-order valence-electron chi connectivity index (χ2n) is 7.79. The van der Waals surface area contributed by atoms with Gasteiger partial charge < -0.3 is 15.5 Å². The highest BCUT2D eigenvalue weighted by atomic mass is 35.5. The van der Waals surface area contributed by atoms with E-state index in [0.29, 0.717) is 22.6 Å². The number of fused-ring (bicyclic) bond motifs is 1. The average Bonchev–Trinajstić information content (AvgIpc) is 3.25. The third-order valence-electron chi connectivity index (χ3n) is 5.03. The van der Waals surface area contributed by atoms with E-state index in [2.05, 4.69) is 36.1 Å². The molecule has 2 aromatic carbocycles. The van der Waals surface area contributed by atoms with Gasteiger partial charge in [0.25, 0.3) is 0 Å². The Morgan fingerprint density at radius 2 is 1.64 bits per heavy atom. The number of rotatable bonds is 4. The zero-order chi connectivity index (χ0) is 26.0. The van der Waals surface area contributed by atoms with Gasteiger partial charge in [-0.1, -0.05) is 23.7 Å². The maximum atomic E-state index is 13.0. The number of aromatic nitrogens is 2. The second kappa shape index (κ2) is 9.77. The van der Waals surface area contributed by atoms with Crippen LogP contribution in [-0.2, 0) is 6.18 Å². The number of carbonyl (C=O) groups is 2. The van der Waals surface area contributed by atoms with Crippen LogP contribution >= 0.6 is 11.6 Å². The first kappa shape index (κ1) is 24.9. The van der Waals surface area contributed by atoms with Crippen LogP contribution in [0, 0.1) is 0 Å². The Kier molecular flexibility index (Phi) is 6.75.